The summed E-state index contributed by atoms with van der Waals surface area (Å²) in [6.07, 6.45) is 5.19. The summed E-state index contributed by atoms with van der Waals surface area (Å²) >= 11 is 0. The molecule has 37 heavy (non-hydrogen) atoms. The number of hydrogen-bond acceptors (Lipinski definition) is 5. The summed E-state index contributed by atoms with van der Waals surface area (Å²) in [5.74, 6) is 0. The molecule has 0 radical (unpaired) electrons. The van der Waals surface area contributed by atoms with Crippen LogP contribution in [0.1, 0.15) is 55.2 Å². The third-order valence-corrected chi connectivity index (χ3v) is 8.15. The lowest BCUT2D eigenvalue weighted by atomic mass is 9.81. The van der Waals surface area contributed by atoms with Gasteiger partial charge in [0.25, 0.3) is 0 Å². The topological polar surface area (TPSA) is 56.2 Å². The zero-order valence-electron chi connectivity index (χ0n) is 21.8. The fourth-order valence-corrected chi connectivity index (χ4v) is 5.98. The summed E-state index contributed by atoms with van der Waals surface area (Å²) in [7, 11) is 0. The van der Waals surface area contributed by atoms with E-state index in [1.165, 1.54) is 12.1 Å². The summed E-state index contributed by atoms with van der Waals surface area (Å²) in [4.78, 5) is 4.59. The van der Waals surface area contributed by atoms with E-state index in [1.54, 1.807) is 0 Å². The number of aliphatic hydroxyl groups is 2. The van der Waals surface area contributed by atoms with Gasteiger partial charge < -0.3 is 19.8 Å². The average molecular weight is 501 g/mol. The van der Waals surface area contributed by atoms with Gasteiger partial charge in [-0.1, -0.05) is 79.2 Å². The normalized spacial score (nSPS) is 18.9. The Hall–Kier alpha value is -2.70. The smallest absolute Gasteiger partial charge is 0.144 e. The minimum Gasteiger partial charge on any atom is -0.380 e. The monoisotopic (exact) mass is 500 g/mol. The lowest BCUT2D eigenvalue weighted by molar-refractivity contribution is -0.132. The van der Waals surface area contributed by atoms with Crippen molar-refractivity contribution in [3.63, 3.8) is 0 Å². The summed E-state index contributed by atoms with van der Waals surface area (Å²) in [6.45, 7) is 5.09. The van der Waals surface area contributed by atoms with E-state index in [1.807, 2.05) is 60.7 Å². The largest absolute Gasteiger partial charge is 0.380 e. The van der Waals surface area contributed by atoms with Crippen LogP contribution in [0.2, 0.25) is 0 Å². The molecule has 196 valence electrons. The maximum atomic E-state index is 12.3. The number of piperidine rings is 1. The first-order chi connectivity index (χ1) is 18.1. The van der Waals surface area contributed by atoms with Gasteiger partial charge in [0, 0.05) is 31.9 Å². The van der Waals surface area contributed by atoms with Crippen molar-refractivity contribution in [2.24, 2.45) is 0 Å². The van der Waals surface area contributed by atoms with E-state index in [0.717, 1.165) is 68.9 Å². The van der Waals surface area contributed by atoms with Crippen molar-refractivity contribution in [3.8, 4) is 0 Å². The van der Waals surface area contributed by atoms with Crippen LogP contribution in [0.4, 0.5) is 5.69 Å². The quantitative estimate of drug-likeness (QED) is 0.420. The highest BCUT2D eigenvalue weighted by Gasteiger charge is 2.38. The molecule has 2 aliphatic heterocycles. The molecule has 1 unspecified atom stereocenters. The molecule has 3 aromatic rings. The van der Waals surface area contributed by atoms with Crippen LogP contribution in [0.25, 0.3) is 0 Å². The predicted molar refractivity (Wildman–Crippen MR) is 149 cm³/mol. The Morgan fingerprint density at radius 3 is 1.76 bits per heavy atom. The number of likely N-dealkylation sites (tertiary alicyclic amines) is 1. The van der Waals surface area contributed by atoms with Crippen LogP contribution in [0.3, 0.4) is 0 Å². The molecule has 0 saturated carbocycles. The Morgan fingerprint density at radius 1 is 0.622 bits per heavy atom. The minimum absolute atomic E-state index is 0.531. The molecule has 1 atom stereocenters. The van der Waals surface area contributed by atoms with E-state index in [-0.39, 0.29) is 0 Å². The van der Waals surface area contributed by atoms with Crippen LogP contribution < -0.4 is 4.90 Å². The molecular formula is C32H40N2O3. The van der Waals surface area contributed by atoms with Crippen molar-refractivity contribution in [1.82, 2.24) is 4.90 Å². The molecule has 0 spiro atoms. The van der Waals surface area contributed by atoms with Crippen molar-refractivity contribution < 1.29 is 14.9 Å². The average Bonchev–Trinajstić information content (AvgIpc) is 2.99. The van der Waals surface area contributed by atoms with Crippen LogP contribution in [0.15, 0.2) is 84.9 Å². The molecule has 2 fully saturated rings. The molecule has 2 aliphatic rings. The summed E-state index contributed by atoms with van der Waals surface area (Å²) < 4.78 is 5.51. The van der Waals surface area contributed by atoms with E-state index >= 15 is 0 Å². The van der Waals surface area contributed by atoms with Crippen molar-refractivity contribution >= 4 is 5.69 Å². The Labute approximate surface area is 221 Å². The number of ether oxygens (including phenoxy) is 1. The van der Waals surface area contributed by atoms with Crippen LogP contribution in [0.5, 0.6) is 0 Å². The molecule has 5 nitrogen and oxygen atoms in total. The number of anilines is 1. The van der Waals surface area contributed by atoms with Gasteiger partial charge in [0.1, 0.15) is 11.3 Å². The van der Waals surface area contributed by atoms with E-state index in [4.69, 9.17) is 4.74 Å². The highest BCUT2D eigenvalue weighted by Crippen LogP contribution is 2.39. The second-order valence-electron chi connectivity index (χ2n) is 10.5. The van der Waals surface area contributed by atoms with Gasteiger partial charge >= 0.3 is 0 Å². The van der Waals surface area contributed by atoms with Crippen molar-refractivity contribution in [1.29, 1.82) is 0 Å². The number of nitrogens with zero attached hydrogens (tertiary/aromatic N) is 2. The van der Waals surface area contributed by atoms with Crippen LogP contribution in [-0.4, -0.2) is 54.5 Å². The molecule has 0 bridgehead atoms. The molecule has 5 heteroatoms. The molecule has 0 aliphatic carbocycles. The summed E-state index contributed by atoms with van der Waals surface area (Å²) in [5.41, 5.74) is 1.73. The van der Waals surface area contributed by atoms with Gasteiger partial charge in [0.2, 0.25) is 0 Å². The first kappa shape index (κ1) is 25.9. The Morgan fingerprint density at radius 2 is 1.19 bits per heavy atom. The summed E-state index contributed by atoms with van der Waals surface area (Å²) in [5, 5.41) is 24.3. The number of morpholine rings is 1. The molecule has 5 rings (SSSR count). The highest BCUT2D eigenvalue weighted by atomic mass is 16.5. The van der Waals surface area contributed by atoms with Gasteiger partial charge in [-0.15, -0.1) is 0 Å². The third kappa shape index (κ3) is 5.75. The van der Waals surface area contributed by atoms with Crippen LogP contribution in [-0.2, 0) is 16.1 Å². The second kappa shape index (κ2) is 11.8. The zero-order valence-corrected chi connectivity index (χ0v) is 21.8. The minimum atomic E-state index is -1.11. The number of rotatable bonds is 9. The first-order valence-electron chi connectivity index (χ1n) is 13.8. The lowest BCUT2D eigenvalue weighted by Crippen LogP contribution is -2.49. The van der Waals surface area contributed by atoms with Crippen molar-refractivity contribution in [3.05, 3.63) is 102 Å². The molecule has 2 heterocycles. The van der Waals surface area contributed by atoms with E-state index in [9.17, 15) is 10.2 Å². The van der Waals surface area contributed by atoms with Crippen LogP contribution >= 0.6 is 0 Å². The standard InChI is InChI=1S/C32H40N2O3/c35-31(27-11-4-1-5-12-27,28-13-6-2-7-14-28)19-10-20-32(36,34-21-8-3-9-22-34)29-15-17-30(18-16-29)33-23-25-37-26-24-33/h1-2,4-7,11-18,35-36H,3,8-10,19-26H2. The van der Waals surface area contributed by atoms with Gasteiger partial charge in [0.05, 0.1) is 13.2 Å². The van der Waals surface area contributed by atoms with E-state index in [2.05, 4.69) is 34.1 Å². The fourth-order valence-electron chi connectivity index (χ4n) is 5.98. The number of benzene rings is 3. The Kier molecular flexibility index (Phi) is 8.26. The summed E-state index contributed by atoms with van der Waals surface area (Å²) in [6, 6.07) is 28.3. The molecule has 0 amide bonds. The Bertz CT molecular complexity index is 1050. The van der Waals surface area contributed by atoms with E-state index in [0.29, 0.717) is 19.3 Å². The third-order valence-electron chi connectivity index (χ3n) is 8.15. The molecule has 2 saturated heterocycles. The first-order valence-corrected chi connectivity index (χ1v) is 13.8. The number of hydrogen-bond donors (Lipinski definition) is 2. The van der Waals surface area contributed by atoms with Gasteiger partial charge in [-0.2, -0.15) is 0 Å². The SMILES string of the molecule is OC(CCCC(O)(c1ccc(N2CCOCC2)cc1)N1CCCCC1)(c1ccccc1)c1ccccc1. The molecule has 0 aromatic heterocycles. The molecule has 3 aromatic carbocycles. The lowest BCUT2D eigenvalue weighted by Gasteiger charge is -2.43. The van der Waals surface area contributed by atoms with E-state index < -0.39 is 11.3 Å². The van der Waals surface area contributed by atoms with Gasteiger partial charge in [-0.05, 0) is 60.9 Å². The maximum Gasteiger partial charge on any atom is 0.144 e. The van der Waals surface area contributed by atoms with Gasteiger partial charge in [-0.3, -0.25) is 4.90 Å². The van der Waals surface area contributed by atoms with Crippen molar-refractivity contribution in [2.75, 3.05) is 44.3 Å². The maximum absolute atomic E-state index is 12.3. The highest BCUT2D eigenvalue weighted by molar-refractivity contribution is 5.48. The van der Waals surface area contributed by atoms with Gasteiger partial charge in [0.15, 0.2) is 0 Å². The van der Waals surface area contributed by atoms with Gasteiger partial charge in [-0.25, -0.2) is 0 Å². The van der Waals surface area contributed by atoms with Crippen LogP contribution in [0, 0.1) is 0 Å². The Balaban J connectivity index is 1.38. The zero-order chi connectivity index (χ0) is 25.6. The predicted octanol–water partition coefficient (Wildman–Crippen LogP) is 5.26. The fraction of sp³-hybridized carbons (Fsp3) is 0.438. The second-order valence-corrected chi connectivity index (χ2v) is 10.5. The molecule has 2 N–H and O–H groups in total. The molecular weight excluding hydrogens is 460 g/mol. The van der Waals surface area contributed by atoms with Crippen molar-refractivity contribution in [2.45, 2.75) is 49.9 Å².